The smallest absolute Gasteiger partial charge is 0.269 e. The molecule has 146 valence electrons. The molecule has 0 bridgehead atoms. The summed E-state index contributed by atoms with van der Waals surface area (Å²) < 4.78 is 2.11. The summed E-state index contributed by atoms with van der Waals surface area (Å²) >= 11 is 0. The number of benzene rings is 3. The zero-order valence-electron chi connectivity index (χ0n) is 15.5. The first-order chi connectivity index (χ1) is 13.5. The lowest BCUT2D eigenvalue weighted by Gasteiger charge is -2.12. The van der Waals surface area contributed by atoms with Crippen molar-refractivity contribution in [3.05, 3.63) is 83.4 Å². The Balaban J connectivity index is 0.00000240. The molecule has 29 heavy (non-hydrogen) atoms. The van der Waals surface area contributed by atoms with E-state index in [0.29, 0.717) is 17.9 Å². The van der Waals surface area contributed by atoms with Crippen LogP contribution in [0.15, 0.2) is 73.3 Å². The van der Waals surface area contributed by atoms with Gasteiger partial charge in [-0.05, 0) is 42.5 Å². The second kappa shape index (κ2) is 7.77. The minimum Gasteiger partial charge on any atom is -1.00 e. The van der Waals surface area contributed by atoms with Gasteiger partial charge >= 0.3 is 0 Å². The lowest BCUT2D eigenvalue weighted by molar-refractivity contribution is -0.648. The Labute approximate surface area is 173 Å². The Kier molecular flexibility index (Phi) is 5.39. The zero-order valence-corrected chi connectivity index (χ0v) is 16.3. The van der Waals surface area contributed by atoms with Gasteiger partial charge in [0.2, 0.25) is 11.2 Å². The molecular weight excluding hydrogens is 388 g/mol. The Morgan fingerprint density at radius 1 is 0.931 bits per heavy atom. The maximum atomic E-state index is 11.0. The molecule has 6 nitrogen and oxygen atoms in total. The summed E-state index contributed by atoms with van der Waals surface area (Å²) in [5, 5.41) is 14.1. The van der Waals surface area contributed by atoms with Gasteiger partial charge in [-0.15, -0.1) is 0 Å². The Morgan fingerprint density at radius 2 is 1.55 bits per heavy atom. The number of non-ortho nitro benzene ring substituents is 1. The van der Waals surface area contributed by atoms with Gasteiger partial charge in [-0.1, -0.05) is 12.6 Å². The molecule has 0 atom stereocenters. The molecule has 0 spiro atoms. The quantitative estimate of drug-likeness (QED) is 0.133. The molecular formula is C22H19ClN4O2. The van der Waals surface area contributed by atoms with Crippen LogP contribution in [0.2, 0.25) is 0 Å². The van der Waals surface area contributed by atoms with Crippen molar-refractivity contribution < 1.29 is 21.9 Å². The van der Waals surface area contributed by atoms with Gasteiger partial charge in [0.1, 0.15) is 0 Å². The van der Waals surface area contributed by atoms with Crippen LogP contribution in [-0.2, 0) is 6.54 Å². The van der Waals surface area contributed by atoms with Gasteiger partial charge in [0.25, 0.3) is 5.69 Å². The molecule has 1 heterocycles. The van der Waals surface area contributed by atoms with E-state index in [4.69, 9.17) is 11.5 Å². The van der Waals surface area contributed by atoms with Crippen LogP contribution in [0.3, 0.4) is 0 Å². The summed E-state index contributed by atoms with van der Waals surface area (Å²) in [7, 11) is 0. The first-order valence-electron chi connectivity index (χ1n) is 8.79. The van der Waals surface area contributed by atoms with E-state index in [1.165, 1.54) is 12.1 Å². The summed E-state index contributed by atoms with van der Waals surface area (Å²) in [5.41, 5.74) is 16.2. The number of nitro benzene ring substituents is 1. The van der Waals surface area contributed by atoms with Crippen LogP contribution >= 0.6 is 0 Å². The number of hydrogen-bond acceptors (Lipinski definition) is 4. The number of aromatic nitrogens is 1. The van der Waals surface area contributed by atoms with Crippen molar-refractivity contribution in [2.45, 2.75) is 6.54 Å². The van der Waals surface area contributed by atoms with Gasteiger partial charge in [0.05, 0.1) is 15.7 Å². The molecule has 0 fully saturated rings. The topological polar surface area (TPSA) is 99.1 Å². The standard InChI is InChI=1S/C22H18N4O2.ClH/c1-2-11-25-21-13-16(24)6-10-19(21)18-9-5-15(23)12-20(18)22(25)14-3-7-17(8-4-14)26(27)28;/h2-10,12-13,24H,1,11,23H2;1H. The minimum atomic E-state index is -0.404. The number of nitro groups is 1. The largest absolute Gasteiger partial charge is 1.00 e. The zero-order chi connectivity index (χ0) is 19.8. The van der Waals surface area contributed by atoms with Crippen LogP contribution in [-0.4, -0.2) is 4.92 Å². The van der Waals surface area contributed by atoms with E-state index < -0.39 is 4.92 Å². The maximum Gasteiger partial charge on any atom is 0.269 e. The number of anilines is 2. The number of halogens is 1. The Morgan fingerprint density at radius 3 is 2.17 bits per heavy atom. The third kappa shape index (κ3) is 3.46. The molecule has 4 rings (SSSR count). The van der Waals surface area contributed by atoms with Crippen LogP contribution in [0.25, 0.3) is 32.9 Å². The lowest BCUT2D eigenvalue weighted by Crippen LogP contribution is -3.00. The van der Waals surface area contributed by atoms with Crippen molar-refractivity contribution >= 4 is 38.7 Å². The fraction of sp³-hybridized carbons (Fsp3) is 0.0455. The SMILES string of the molecule is C=CC[n+]1c(-c2ccc([N+](=O)[O-])cc2)c2cc(N)ccc2c2ccc(N)cc21.[Cl-]. The van der Waals surface area contributed by atoms with Gasteiger partial charge < -0.3 is 23.9 Å². The van der Waals surface area contributed by atoms with Crippen molar-refractivity contribution in [1.29, 1.82) is 0 Å². The Hall–Kier alpha value is -3.64. The summed E-state index contributed by atoms with van der Waals surface area (Å²) in [6.07, 6.45) is 1.82. The molecule has 7 heteroatoms. The highest BCUT2D eigenvalue weighted by Gasteiger charge is 2.23. The molecule has 0 aliphatic carbocycles. The third-order valence-corrected chi connectivity index (χ3v) is 4.83. The summed E-state index contributed by atoms with van der Waals surface area (Å²) in [6, 6.07) is 18.1. The molecule has 0 saturated heterocycles. The van der Waals surface area contributed by atoms with E-state index in [2.05, 4.69) is 11.1 Å². The molecule has 4 aromatic rings. The fourth-order valence-electron chi connectivity index (χ4n) is 3.63. The fourth-order valence-corrected chi connectivity index (χ4v) is 3.63. The number of fused-ring (bicyclic) bond motifs is 3. The van der Waals surface area contributed by atoms with Crippen LogP contribution in [0.4, 0.5) is 17.1 Å². The number of nitrogens with zero attached hydrogens (tertiary/aromatic N) is 2. The second-order valence-corrected chi connectivity index (χ2v) is 6.63. The van der Waals surface area contributed by atoms with E-state index in [0.717, 1.165) is 32.9 Å². The predicted octanol–water partition coefficient (Wildman–Crippen LogP) is 1.21. The van der Waals surface area contributed by atoms with Crippen molar-refractivity contribution in [3.63, 3.8) is 0 Å². The number of pyridine rings is 1. The highest BCUT2D eigenvalue weighted by atomic mass is 35.5. The third-order valence-electron chi connectivity index (χ3n) is 4.83. The van der Waals surface area contributed by atoms with Crippen LogP contribution in [0.5, 0.6) is 0 Å². The average molecular weight is 407 g/mol. The summed E-state index contributed by atoms with van der Waals surface area (Å²) in [5.74, 6) is 0. The van der Waals surface area contributed by atoms with Gasteiger partial charge in [-0.25, -0.2) is 0 Å². The molecule has 0 radical (unpaired) electrons. The lowest BCUT2D eigenvalue weighted by atomic mass is 9.98. The summed E-state index contributed by atoms with van der Waals surface area (Å²) in [4.78, 5) is 10.6. The monoisotopic (exact) mass is 406 g/mol. The van der Waals surface area contributed by atoms with E-state index in [-0.39, 0.29) is 18.1 Å². The van der Waals surface area contributed by atoms with Crippen LogP contribution < -0.4 is 28.4 Å². The molecule has 3 aromatic carbocycles. The highest BCUT2D eigenvalue weighted by Crippen LogP contribution is 2.34. The normalized spacial score (nSPS) is 10.6. The number of nitrogens with two attached hydrogens (primary N) is 2. The average Bonchev–Trinajstić information content (AvgIpc) is 2.68. The minimum absolute atomic E-state index is 0. The second-order valence-electron chi connectivity index (χ2n) is 6.63. The molecule has 0 saturated carbocycles. The highest BCUT2D eigenvalue weighted by molar-refractivity contribution is 6.10. The van der Waals surface area contributed by atoms with E-state index >= 15 is 0 Å². The number of nitrogen functional groups attached to an aromatic ring is 2. The van der Waals surface area contributed by atoms with Crippen molar-refractivity contribution in [3.8, 4) is 11.3 Å². The van der Waals surface area contributed by atoms with E-state index in [9.17, 15) is 10.1 Å². The molecule has 0 aliphatic heterocycles. The molecule has 1 aromatic heterocycles. The van der Waals surface area contributed by atoms with E-state index in [1.807, 2.05) is 42.5 Å². The molecule has 0 aliphatic rings. The van der Waals surface area contributed by atoms with Crippen LogP contribution in [0, 0.1) is 10.1 Å². The maximum absolute atomic E-state index is 11.0. The van der Waals surface area contributed by atoms with Crippen molar-refractivity contribution in [1.82, 2.24) is 0 Å². The van der Waals surface area contributed by atoms with Gasteiger partial charge in [-0.3, -0.25) is 10.1 Å². The molecule has 0 unspecified atom stereocenters. The van der Waals surface area contributed by atoms with Gasteiger partial charge in [0.15, 0.2) is 6.54 Å². The first-order valence-corrected chi connectivity index (χ1v) is 8.79. The number of rotatable bonds is 4. The van der Waals surface area contributed by atoms with E-state index in [1.54, 1.807) is 12.1 Å². The molecule has 4 N–H and O–H groups in total. The van der Waals surface area contributed by atoms with Crippen LogP contribution in [0.1, 0.15) is 0 Å². The van der Waals surface area contributed by atoms with Crippen molar-refractivity contribution in [2.24, 2.45) is 0 Å². The number of hydrogen-bond donors (Lipinski definition) is 2. The predicted molar refractivity (Wildman–Crippen MR) is 113 cm³/mol. The number of allylic oxidation sites excluding steroid dienone is 1. The van der Waals surface area contributed by atoms with Gasteiger partial charge in [-0.2, -0.15) is 4.57 Å². The van der Waals surface area contributed by atoms with Crippen molar-refractivity contribution in [2.75, 3.05) is 11.5 Å². The first kappa shape index (κ1) is 20.1. The summed E-state index contributed by atoms with van der Waals surface area (Å²) in [6.45, 7) is 4.44. The molecule has 0 amide bonds. The van der Waals surface area contributed by atoms with Gasteiger partial charge in [0, 0.05) is 40.5 Å². The Bertz CT molecular complexity index is 1250.